The predicted octanol–water partition coefficient (Wildman–Crippen LogP) is 4.75. The van der Waals surface area contributed by atoms with E-state index in [1.165, 1.54) is 10.6 Å². The average Bonchev–Trinajstić information content (AvgIpc) is 2.92. The van der Waals surface area contributed by atoms with E-state index in [0.29, 0.717) is 17.5 Å². The maximum absolute atomic E-state index is 13.4. The first-order valence-corrected chi connectivity index (χ1v) is 9.18. The topological polar surface area (TPSA) is 92.6 Å². The van der Waals surface area contributed by atoms with E-state index in [0.717, 1.165) is 23.3 Å². The summed E-state index contributed by atoms with van der Waals surface area (Å²) in [6, 6.07) is 7.79. The van der Waals surface area contributed by atoms with Gasteiger partial charge in [0, 0.05) is 11.1 Å². The summed E-state index contributed by atoms with van der Waals surface area (Å²) < 4.78 is 41.4. The van der Waals surface area contributed by atoms with Crippen molar-refractivity contribution in [3.05, 3.63) is 58.7 Å². The number of carbonyl (C=O) groups excluding carboxylic acids is 1. The Balaban J connectivity index is 2.40. The smallest absolute Gasteiger partial charge is 0.416 e. The van der Waals surface area contributed by atoms with Gasteiger partial charge in [0.2, 0.25) is 5.88 Å². The van der Waals surface area contributed by atoms with E-state index in [4.69, 9.17) is 5.73 Å². The number of rotatable bonds is 4. The fourth-order valence-electron chi connectivity index (χ4n) is 3.51. The number of nitrogens with zero attached hydrogens (tertiary/aromatic N) is 2. The van der Waals surface area contributed by atoms with Gasteiger partial charge in [-0.15, -0.1) is 0 Å². The number of halogens is 3. The number of alkyl halides is 3. The Bertz CT molecular complexity index is 1140. The minimum absolute atomic E-state index is 0.169. The molecule has 0 aliphatic heterocycles. The molecular weight excluding hydrogens is 397 g/mol. The van der Waals surface area contributed by atoms with Gasteiger partial charge in [-0.3, -0.25) is 4.57 Å². The number of urea groups is 1. The number of nitrogens with one attached hydrogen (secondary N) is 1. The molecule has 1 aromatic heterocycles. The van der Waals surface area contributed by atoms with E-state index in [1.807, 2.05) is 19.9 Å². The van der Waals surface area contributed by atoms with Crippen molar-refractivity contribution in [2.24, 2.45) is 10.8 Å². The minimum atomic E-state index is -4.54. The van der Waals surface area contributed by atoms with Crippen molar-refractivity contribution in [1.82, 2.24) is 9.99 Å². The zero-order valence-corrected chi connectivity index (χ0v) is 16.6. The highest BCUT2D eigenvalue weighted by atomic mass is 19.4. The summed E-state index contributed by atoms with van der Waals surface area (Å²) in [6.45, 7) is 5.46. The summed E-state index contributed by atoms with van der Waals surface area (Å²) in [5.41, 5.74) is 9.32. The molecule has 0 bridgehead atoms. The number of aryl methyl sites for hydroxylation is 2. The normalized spacial score (nSPS) is 12.4. The first kappa shape index (κ1) is 21.2. The Kier molecular flexibility index (Phi) is 5.47. The van der Waals surface area contributed by atoms with Crippen LogP contribution in [0.4, 0.5) is 18.0 Å². The Labute approximate surface area is 170 Å². The fraction of sp³-hybridized carbons (Fsp3) is 0.238. The molecule has 2 amide bonds. The number of aromatic nitrogens is 1. The van der Waals surface area contributed by atoms with Gasteiger partial charge in [0.1, 0.15) is 0 Å². The zero-order valence-electron chi connectivity index (χ0n) is 16.6. The minimum Gasteiger partial charge on any atom is -0.494 e. The number of primary amides is 1. The third-order valence-corrected chi connectivity index (χ3v) is 4.66. The molecule has 2 aromatic carbocycles. The molecule has 1 heterocycles. The van der Waals surface area contributed by atoms with Gasteiger partial charge in [-0.1, -0.05) is 19.1 Å². The summed E-state index contributed by atoms with van der Waals surface area (Å²) in [5, 5.41) is 15.4. The molecule has 30 heavy (non-hydrogen) atoms. The number of hydrogen-bond donors (Lipinski definition) is 3. The summed E-state index contributed by atoms with van der Waals surface area (Å²) in [4.78, 5) is 11.1. The maximum Gasteiger partial charge on any atom is 0.416 e. The van der Waals surface area contributed by atoms with Crippen LogP contribution < -0.4 is 11.2 Å². The van der Waals surface area contributed by atoms with E-state index in [1.54, 1.807) is 19.1 Å². The van der Waals surface area contributed by atoms with E-state index in [9.17, 15) is 23.1 Å². The van der Waals surface area contributed by atoms with Crippen LogP contribution in [-0.2, 0) is 6.18 Å². The molecule has 6 nitrogen and oxygen atoms in total. The van der Waals surface area contributed by atoms with Gasteiger partial charge in [0.05, 0.1) is 22.4 Å². The van der Waals surface area contributed by atoms with Crippen molar-refractivity contribution < 1.29 is 23.1 Å². The van der Waals surface area contributed by atoms with Gasteiger partial charge in [0.25, 0.3) is 0 Å². The lowest BCUT2D eigenvalue weighted by molar-refractivity contribution is -0.137. The molecule has 4 N–H and O–H groups in total. The van der Waals surface area contributed by atoms with E-state index >= 15 is 0 Å². The van der Waals surface area contributed by atoms with E-state index < -0.39 is 17.8 Å². The largest absolute Gasteiger partial charge is 0.494 e. The van der Waals surface area contributed by atoms with Crippen LogP contribution in [0.15, 0.2) is 41.5 Å². The Morgan fingerprint density at radius 3 is 2.33 bits per heavy atom. The van der Waals surface area contributed by atoms with Crippen LogP contribution >= 0.6 is 0 Å². The fourth-order valence-corrected chi connectivity index (χ4v) is 3.51. The van der Waals surface area contributed by atoms with Crippen LogP contribution in [0.5, 0.6) is 5.88 Å². The Morgan fingerprint density at radius 1 is 1.17 bits per heavy atom. The first-order chi connectivity index (χ1) is 14.0. The number of carbonyl (C=O) groups is 1. The second-order valence-electron chi connectivity index (χ2n) is 7.00. The van der Waals surface area contributed by atoms with Crippen LogP contribution in [0.3, 0.4) is 0 Å². The van der Waals surface area contributed by atoms with Crippen molar-refractivity contribution in [1.29, 1.82) is 0 Å². The van der Waals surface area contributed by atoms with Crippen LogP contribution in [0.2, 0.25) is 0 Å². The average molecular weight is 418 g/mol. The molecule has 0 spiro atoms. The summed E-state index contributed by atoms with van der Waals surface area (Å²) in [5.74, 6) is -0.277. The Hall–Kier alpha value is -3.49. The summed E-state index contributed by atoms with van der Waals surface area (Å²) in [6.07, 6.45) is -4.25. The number of aromatic hydroxyl groups is 1. The quantitative estimate of drug-likeness (QED) is 0.421. The lowest BCUT2D eigenvalue weighted by Crippen LogP contribution is -2.25. The van der Waals surface area contributed by atoms with Gasteiger partial charge >= 0.3 is 12.2 Å². The molecular formula is C21H21F3N4O2. The molecule has 3 aromatic rings. The zero-order chi connectivity index (χ0) is 22.2. The van der Waals surface area contributed by atoms with Crippen LogP contribution in [0.1, 0.15) is 35.6 Å². The molecule has 0 aliphatic carbocycles. The molecule has 0 saturated heterocycles. The molecule has 0 saturated carbocycles. The molecule has 9 heteroatoms. The van der Waals surface area contributed by atoms with Gasteiger partial charge in [-0.05, 0) is 55.7 Å². The highest BCUT2D eigenvalue weighted by Crippen LogP contribution is 2.39. The van der Waals surface area contributed by atoms with Gasteiger partial charge in [-0.25, -0.2) is 10.2 Å². The lowest BCUT2D eigenvalue weighted by Gasteiger charge is -2.11. The van der Waals surface area contributed by atoms with Crippen molar-refractivity contribution in [3.63, 3.8) is 0 Å². The molecule has 3 rings (SSSR count). The van der Waals surface area contributed by atoms with Gasteiger partial charge < -0.3 is 10.8 Å². The number of hydrazone groups is 1. The second kappa shape index (κ2) is 7.74. The third kappa shape index (κ3) is 3.96. The summed E-state index contributed by atoms with van der Waals surface area (Å²) in [7, 11) is 0. The van der Waals surface area contributed by atoms with Crippen LogP contribution in [-0.4, -0.2) is 21.4 Å². The predicted molar refractivity (Wildman–Crippen MR) is 109 cm³/mol. The van der Waals surface area contributed by atoms with Crippen molar-refractivity contribution in [2.45, 2.75) is 33.4 Å². The molecule has 158 valence electrons. The first-order valence-electron chi connectivity index (χ1n) is 9.18. The van der Waals surface area contributed by atoms with Crippen LogP contribution in [0.25, 0.3) is 16.6 Å². The molecule has 0 radical (unpaired) electrons. The third-order valence-electron chi connectivity index (χ3n) is 4.66. The standard InChI is InChI=1S/C21H21F3N4O2/c1-4-16(26-27-20(25)30)18-15-6-5-13(21(22,23)24)10-17(15)28(19(18)29)14-8-11(2)7-12(3)9-14/h5-10,29H,4H2,1-3H3,(H3,25,27,30)/b26-16+. The SMILES string of the molecule is CC/C(=N\NC(N)=O)c1c(O)n(-c2cc(C)cc(C)c2)c2cc(C(F)(F)F)ccc12. The Morgan fingerprint density at radius 2 is 1.80 bits per heavy atom. The molecule has 0 fully saturated rings. The number of benzene rings is 2. The van der Waals surface area contributed by atoms with E-state index in [-0.39, 0.29) is 22.7 Å². The maximum atomic E-state index is 13.4. The summed E-state index contributed by atoms with van der Waals surface area (Å²) >= 11 is 0. The highest BCUT2D eigenvalue weighted by Gasteiger charge is 2.32. The number of fused-ring (bicyclic) bond motifs is 1. The number of hydrogen-bond acceptors (Lipinski definition) is 3. The van der Waals surface area contributed by atoms with Gasteiger partial charge in [-0.2, -0.15) is 18.3 Å². The lowest BCUT2D eigenvalue weighted by atomic mass is 10.0. The molecule has 0 aliphatic rings. The molecule has 0 atom stereocenters. The number of amides is 2. The monoisotopic (exact) mass is 418 g/mol. The van der Waals surface area contributed by atoms with Crippen molar-refractivity contribution >= 4 is 22.6 Å². The van der Waals surface area contributed by atoms with Gasteiger partial charge in [0.15, 0.2) is 0 Å². The van der Waals surface area contributed by atoms with E-state index in [2.05, 4.69) is 10.5 Å². The second-order valence-corrected chi connectivity index (χ2v) is 7.00. The van der Waals surface area contributed by atoms with Crippen molar-refractivity contribution in [2.75, 3.05) is 0 Å². The van der Waals surface area contributed by atoms with Crippen molar-refractivity contribution in [3.8, 4) is 11.6 Å². The van der Waals surface area contributed by atoms with Crippen LogP contribution in [0, 0.1) is 13.8 Å². The molecule has 0 unspecified atom stereocenters. The highest BCUT2D eigenvalue weighted by molar-refractivity contribution is 6.14. The number of nitrogens with two attached hydrogens (primary N) is 1.